The third-order valence-corrected chi connectivity index (χ3v) is 15.9. The molecule has 2 heterocycles. The molecule has 2 aromatic heterocycles. The van der Waals surface area contributed by atoms with Crippen LogP contribution in [0.1, 0.15) is 75.2 Å². The number of non-ortho nitro benzene ring substituents is 2. The Morgan fingerprint density at radius 3 is 1.05 bits per heavy atom. The smallest absolute Gasteiger partial charge is 0.476 e. The number of halogens is 25. The van der Waals surface area contributed by atoms with Gasteiger partial charge in [0.25, 0.3) is 17.3 Å². The van der Waals surface area contributed by atoms with E-state index in [-0.39, 0.29) is 49.8 Å². The minimum atomic E-state index is -4.86. The summed E-state index contributed by atoms with van der Waals surface area (Å²) in [6.07, 6.45) is -38.1. The summed E-state index contributed by atoms with van der Waals surface area (Å²) in [5.41, 5.74) is -5.21. The van der Waals surface area contributed by atoms with E-state index in [0.29, 0.717) is 89.1 Å². The summed E-state index contributed by atoms with van der Waals surface area (Å²) in [6, 6.07) is 23.9. The number of alkyl halides is 24. The van der Waals surface area contributed by atoms with E-state index in [1.807, 2.05) is 0 Å². The van der Waals surface area contributed by atoms with Crippen molar-refractivity contribution in [2.24, 2.45) is 0 Å². The van der Waals surface area contributed by atoms with Crippen LogP contribution in [0.4, 0.5) is 128 Å². The molecule has 10 aromatic rings. The van der Waals surface area contributed by atoms with Gasteiger partial charge in [-0.1, -0.05) is 61.3 Å². The molecule has 0 bridgehead atoms. The lowest BCUT2D eigenvalue weighted by Crippen LogP contribution is -2.29. The summed E-state index contributed by atoms with van der Waals surface area (Å²) in [4.78, 5) is 42.6. The molecule has 8 aromatic carbocycles. The fourth-order valence-electron chi connectivity index (χ4n) is 8.52. The molecule has 0 radical (unpaired) electrons. The van der Waals surface area contributed by atoms with Crippen LogP contribution < -0.4 is 16.5 Å². The van der Waals surface area contributed by atoms with Gasteiger partial charge in [0.15, 0.2) is 5.69 Å². The van der Waals surface area contributed by atoms with E-state index in [9.17, 15) is 135 Å². The van der Waals surface area contributed by atoms with Crippen LogP contribution in [0.15, 0.2) is 174 Å². The maximum absolute atomic E-state index is 13.3. The minimum Gasteiger partial charge on any atom is -0.476 e. The molecule has 0 aliphatic rings. The first-order valence-electron chi connectivity index (χ1n) is 28.7. The highest BCUT2D eigenvalue weighted by Crippen LogP contribution is 2.45. The predicted molar refractivity (Wildman–Crippen MR) is 348 cm³/mol. The van der Waals surface area contributed by atoms with Gasteiger partial charge in [0.2, 0.25) is 0 Å². The third kappa shape index (κ3) is 25.7. The van der Waals surface area contributed by atoms with E-state index in [1.165, 1.54) is 72.8 Å². The molecule has 580 valence electrons. The number of benzene rings is 8. The lowest BCUT2D eigenvalue weighted by Gasteiger charge is -2.16. The topological polar surface area (TPSA) is 271 Å². The number of nitrogens with two attached hydrogens (primary N) is 1. The number of carboxylic acid groups (broad SMARTS) is 1. The van der Waals surface area contributed by atoms with Crippen LogP contribution >= 0.6 is 39.0 Å². The Kier molecular flexibility index (Phi) is 28.9. The largest absolute Gasteiger partial charge is 0.488 e. The lowest BCUT2D eigenvalue weighted by atomic mass is 9.80. The lowest BCUT2D eigenvalue weighted by molar-refractivity contribution is -0.385. The molecule has 10 rings (SSSR count). The van der Waals surface area contributed by atoms with Crippen molar-refractivity contribution in [3.05, 3.63) is 260 Å². The maximum Gasteiger partial charge on any atom is 0.488 e. The highest BCUT2D eigenvalue weighted by Gasteiger charge is 2.41. The number of aromatic nitrogens is 4. The molecular weight excluding hydrogens is 1640 g/mol. The van der Waals surface area contributed by atoms with Crippen LogP contribution in [0.2, 0.25) is 0 Å². The number of nitrogens with one attached hydrogen (secondary N) is 1. The van der Waals surface area contributed by atoms with Gasteiger partial charge in [-0.05, 0) is 185 Å². The molecule has 0 fully saturated rings. The number of carbonyl (C=O) groups excluding carboxylic acids is 1. The van der Waals surface area contributed by atoms with Crippen molar-refractivity contribution < 1.29 is 140 Å². The molecule has 0 spiro atoms. The zero-order valence-electron chi connectivity index (χ0n) is 53.6. The van der Waals surface area contributed by atoms with Crippen LogP contribution in [0, 0.1) is 34.1 Å². The van der Waals surface area contributed by atoms with Gasteiger partial charge in [0.1, 0.15) is 4.88 Å². The second kappa shape index (κ2) is 35.5. The number of nitro groups is 2. The molecule has 0 unspecified atom stereocenters. The van der Waals surface area contributed by atoms with Crippen molar-refractivity contribution >= 4 is 86.2 Å². The molecule has 1 amide bonds. The highest BCUT2D eigenvalue weighted by atomic mass is 79.9. The number of amides is 1. The van der Waals surface area contributed by atoms with Gasteiger partial charge in [-0.15, -0.1) is 10.2 Å². The van der Waals surface area contributed by atoms with Gasteiger partial charge in [-0.3, -0.25) is 25.0 Å². The van der Waals surface area contributed by atoms with E-state index in [1.54, 1.807) is 13.8 Å². The van der Waals surface area contributed by atoms with Crippen LogP contribution in [0.3, 0.4) is 0 Å². The Balaban J connectivity index is 0.000000243. The van der Waals surface area contributed by atoms with E-state index < -0.39 is 144 Å². The number of nitrogen functional groups attached to an aromatic ring is 1. The molecule has 0 aliphatic heterocycles. The first-order valence-corrected chi connectivity index (χ1v) is 31.1. The van der Waals surface area contributed by atoms with Crippen LogP contribution in [0.5, 0.6) is 0 Å². The molecule has 109 heavy (non-hydrogen) atoms. The summed E-state index contributed by atoms with van der Waals surface area (Å²) < 4.78 is 312. The zero-order valence-corrected chi connectivity index (χ0v) is 56.8. The normalized spacial score (nSPS) is 11.8. The standard InChI is InChI=1S/C18H11F6N3OS.C14H7F6NO2.C14H9F6N.C8H3BrF6.C6H6BNO4.C4H4N2O2S/c1-9-15(29-27-26-9)16(28)25-12-5-2-10(3-6-12)13-8-11(17(19,20)21)4-7-14(13)18(22,23)24;15-13(16,17)9-3-6-12(14(18,19)20)11(7-9)8-1-4-10(5-2-8)21(22)23;15-13(16,17)9-3-6-12(14(18,19)20)11(7-9)8-1-4-10(21)5-2-8;9-6-3-4(7(10,11)12)1-2-5(6)8(13,14)15;9-7(10)5-1-3-6(4-2-5)8(11)12;1-2-3(4(7)8)5-6-9-2/h2-8H,1H3,(H,25,28);1-7H;1-7H,21H2;1-3H;1-4,9-10H;1H3,(H,7,8). The Hall–Kier alpha value is -10.8. The number of rotatable bonds is 9. The average molecular weight is 1680 g/mol. The Morgan fingerprint density at radius 2 is 0.771 bits per heavy atom. The summed E-state index contributed by atoms with van der Waals surface area (Å²) in [6.45, 7) is 3.27. The maximum atomic E-state index is 13.3. The van der Waals surface area contributed by atoms with Crippen molar-refractivity contribution in [3.63, 3.8) is 0 Å². The van der Waals surface area contributed by atoms with Crippen molar-refractivity contribution in [1.82, 2.24) is 19.2 Å². The molecule has 0 saturated carbocycles. The number of aromatic carboxylic acids is 1. The second-order valence-electron chi connectivity index (χ2n) is 21.3. The average Bonchev–Trinajstić information content (AvgIpc) is 0.897. The van der Waals surface area contributed by atoms with Crippen LogP contribution in [-0.2, 0) is 49.4 Å². The predicted octanol–water partition coefficient (Wildman–Crippen LogP) is 20.4. The van der Waals surface area contributed by atoms with E-state index >= 15 is 0 Å². The van der Waals surface area contributed by atoms with Crippen LogP contribution in [-0.4, -0.2) is 63.2 Å². The quantitative estimate of drug-likeness (QED) is 0.0296. The number of aryl methyl sites for hydroxylation is 2. The minimum absolute atomic E-state index is 0.0163. The number of carbonyl (C=O) groups is 2. The fraction of sp³-hybridized carbons (Fsp3) is 0.156. The monoisotopic (exact) mass is 1670 g/mol. The Bertz CT molecular complexity index is 4800. The second-order valence-corrected chi connectivity index (χ2v) is 23.9. The molecule has 45 heteroatoms. The first-order chi connectivity index (χ1) is 50.0. The SMILES string of the molecule is Cc1nnsc1C(=O)Nc1ccc(-c2cc(C(F)(F)F)ccc2C(F)(F)F)cc1.Cc1snnc1C(=O)O.FC(F)(F)c1ccc(C(F)(F)F)c(Br)c1.Nc1ccc(-c2cc(C(F)(F)F)ccc2C(F)(F)F)cc1.O=[N+]([O-])c1ccc(-c2cc(C(F)(F)F)ccc2C(F)(F)F)cc1.O=[N+]([O-])c1ccc(B(O)O)cc1. The summed E-state index contributed by atoms with van der Waals surface area (Å²) in [5, 5.41) is 56.0. The number of hydrogen-bond donors (Lipinski definition) is 5. The number of hydrogen-bond acceptors (Lipinski definition) is 15. The van der Waals surface area contributed by atoms with Gasteiger partial charge in [-0.2, -0.15) is 105 Å². The fourth-order valence-corrected chi connectivity index (χ4v) is 10.1. The highest BCUT2D eigenvalue weighted by molar-refractivity contribution is 9.10. The van der Waals surface area contributed by atoms with Gasteiger partial charge < -0.3 is 26.2 Å². The summed E-state index contributed by atoms with van der Waals surface area (Å²) in [7, 11) is -1.58. The van der Waals surface area contributed by atoms with Crippen molar-refractivity contribution in [2.75, 3.05) is 11.1 Å². The van der Waals surface area contributed by atoms with Crippen molar-refractivity contribution in [3.8, 4) is 33.4 Å². The molecular formula is C64H40BBrF24N8O9S2. The summed E-state index contributed by atoms with van der Waals surface area (Å²) in [5.74, 6) is -1.51. The number of anilines is 2. The zero-order chi connectivity index (χ0) is 82.5. The summed E-state index contributed by atoms with van der Waals surface area (Å²) >= 11 is 4.43. The van der Waals surface area contributed by atoms with Gasteiger partial charge >= 0.3 is 62.5 Å². The van der Waals surface area contributed by atoms with Gasteiger partial charge in [0.05, 0.1) is 64.9 Å². The van der Waals surface area contributed by atoms with Crippen molar-refractivity contribution in [1.29, 1.82) is 0 Å². The first kappa shape index (κ1) is 88.8. The number of nitro benzene ring substituents is 2. The van der Waals surface area contributed by atoms with Gasteiger partial charge in [0, 0.05) is 40.1 Å². The molecule has 0 atom stereocenters. The molecule has 0 saturated heterocycles. The van der Waals surface area contributed by atoms with Crippen LogP contribution in [0.25, 0.3) is 33.4 Å². The van der Waals surface area contributed by atoms with E-state index in [4.69, 9.17) is 20.9 Å². The van der Waals surface area contributed by atoms with Crippen molar-refractivity contribution in [2.45, 2.75) is 63.3 Å². The number of nitrogens with zero attached hydrogens (tertiary/aromatic N) is 6. The molecule has 0 aliphatic carbocycles. The number of carboxylic acids is 1. The Morgan fingerprint density at radius 1 is 0.450 bits per heavy atom. The Labute approximate surface area is 610 Å². The molecule has 17 nitrogen and oxygen atoms in total. The van der Waals surface area contributed by atoms with E-state index in [0.717, 1.165) is 47.3 Å². The molecule has 6 N–H and O–H groups in total. The van der Waals surface area contributed by atoms with Gasteiger partial charge in [-0.25, -0.2) is 4.79 Å². The van der Waals surface area contributed by atoms with E-state index in [2.05, 4.69) is 40.4 Å². The third-order valence-electron chi connectivity index (χ3n) is 13.7.